The number of halogens is 1. The lowest BCUT2D eigenvalue weighted by Crippen LogP contribution is -2.45. The average Bonchev–Trinajstić information content (AvgIpc) is 3.22. The van der Waals surface area contributed by atoms with Crippen molar-refractivity contribution in [1.29, 1.82) is 0 Å². The maximum atomic E-state index is 15.3. The van der Waals surface area contributed by atoms with Crippen LogP contribution in [0.2, 0.25) is 0 Å². The number of fused-ring (bicyclic) bond motifs is 1. The molecule has 9 heteroatoms. The van der Waals surface area contributed by atoms with E-state index in [1.807, 2.05) is 20.8 Å². The van der Waals surface area contributed by atoms with E-state index in [0.717, 1.165) is 11.4 Å². The molecular formula is C26H38FNO6S. The topological polar surface area (TPSA) is 109 Å². The van der Waals surface area contributed by atoms with Crippen molar-refractivity contribution in [2.45, 2.75) is 104 Å². The molecule has 0 radical (unpaired) electrons. The van der Waals surface area contributed by atoms with Crippen LogP contribution in [-0.2, 0) is 19.1 Å². The zero-order chi connectivity index (χ0) is 26.1. The molecule has 2 saturated heterocycles. The van der Waals surface area contributed by atoms with E-state index in [2.05, 4.69) is 4.98 Å². The van der Waals surface area contributed by atoms with Crippen molar-refractivity contribution in [1.82, 2.24) is 4.98 Å². The van der Waals surface area contributed by atoms with Gasteiger partial charge in [0.2, 0.25) is 0 Å². The number of cyclic esters (lactones) is 1. The van der Waals surface area contributed by atoms with Gasteiger partial charge < -0.3 is 19.7 Å². The lowest BCUT2D eigenvalue weighted by Gasteiger charge is -2.34. The summed E-state index contributed by atoms with van der Waals surface area (Å²) >= 11 is 1.39. The van der Waals surface area contributed by atoms with Crippen LogP contribution < -0.4 is 0 Å². The van der Waals surface area contributed by atoms with Crippen LogP contribution in [0.3, 0.4) is 0 Å². The Morgan fingerprint density at radius 2 is 1.94 bits per heavy atom. The molecule has 1 aromatic rings. The monoisotopic (exact) mass is 511 g/mol. The van der Waals surface area contributed by atoms with Gasteiger partial charge in [-0.2, -0.15) is 0 Å². The van der Waals surface area contributed by atoms with Crippen molar-refractivity contribution >= 4 is 29.2 Å². The SMILES string of the molecule is Cc1nc(/C=C(\F)[C@@H]2C[C@@H]3O[C@@]3(C)CCC[C@@H](C)[C@H](O)[C@@H](C)C(=O)C(C)(C)[C@@H](O)CC(=O)O2)cs1. The number of aliphatic hydroxyl groups excluding tert-OH is 2. The number of nitrogens with zero attached hydrogens (tertiary/aromatic N) is 1. The molecule has 0 saturated carbocycles. The Bertz CT molecular complexity index is 961. The number of hydrogen-bond acceptors (Lipinski definition) is 8. The number of aryl methyl sites for hydroxylation is 1. The highest BCUT2D eigenvalue weighted by atomic mass is 32.1. The fraction of sp³-hybridized carbons (Fsp3) is 0.731. The van der Waals surface area contributed by atoms with Gasteiger partial charge in [0.15, 0.2) is 6.10 Å². The van der Waals surface area contributed by atoms with Crippen molar-refractivity contribution in [2.24, 2.45) is 17.3 Å². The lowest BCUT2D eigenvalue weighted by molar-refractivity contribution is -0.155. The third-order valence-electron chi connectivity index (χ3n) is 7.64. The highest BCUT2D eigenvalue weighted by molar-refractivity contribution is 7.09. The summed E-state index contributed by atoms with van der Waals surface area (Å²) in [6, 6.07) is 0. The minimum absolute atomic E-state index is 0.129. The van der Waals surface area contributed by atoms with Gasteiger partial charge in [-0.3, -0.25) is 9.59 Å². The Morgan fingerprint density at radius 1 is 1.26 bits per heavy atom. The Morgan fingerprint density at radius 3 is 2.57 bits per heavy atom. The highest BCUT2D eigenvalue weighted by Crippen LogP contribution is 2.45. The summed E-state index contributed by atoms with van der Waals surface area (Å²) in [5, 5.41) is 24.1. The van der Waals surface area contributed by atoms with E-state index in [4.69, 9.17) is 9.47 Å². The summed E-state index contributed by atoms with van der Waals surface area (Å²) in [5.41, 5.74) is -1.32. The molecule has 7 atom stereocenters. The van der Waals surface area contributed by atoms with E-state index in [-0.39, 0.29) is 24.2 Å². The molecule has 35 heavy (non-hydrogen) atoms. The first-order valence-electron chi connectivity index (χ1n) is 12.3. The van der Waals surface area contributed by atoms with E-state index >= 15 is 4.39 Å². The number of carbonyl (C=O) groups excluding carboxylic acids is 2. The molecule has 2 fully saturated rings. The molecule has 0 aliphatic carbocycles. The molecule has 2 aliphatic heterocycles. The zero-order valence-corrected chi connectivity index (χ0v) is 22.2. The molecule has 196 valence electrons. The number of ketones is 1. The number of aliphatic hydroxyl groups is 2. The second-order valence-corrected chi connectivity index (χ2v) is 12.0. The summed E-state index contributed by atoms with van der Waals surface area (Å²) < 4.78 is 26.7. The van der Waals surface area contributed by atoms with Crippen molar-refractivity contribution in [3.8, 4) is 0 Å². The van der Waals surface area contributed by atoms with Crippen LogP contribution in [0.1, 0.15) is 77.4 Å². The first-order chi connectivity index (χ1) is 16.2. The third-order valence-corrected chi connectivity index (χ3v) is 8.43. The van der Waals surface area contributed by atoms with Gasteiger partial charge in [-0.25, -0.2) is 9.37 Å². The van der Waals surface area contributed by atoms with Crippen molar-refractivity contribution in [3.63, 3.8) is 0 Å². The number of carbonyl (C=O) groups is 2. The third kappa shape index (κ3) is 6.56. The van der Waals surface area contributed by atoms with E-state index in [1.165, 1.54) is 17.4 Å². The van der Waals surface area contributed by atoms with Gasteiger partial charge in [-0.1, -0.05) is 34.1 Å². The standard InChI is InChI=1S/C26H38FNO6S/c1-14-8-7-9-26(6)21(34-26)11-19(18(27)10-17-13-35-16(3)28-17)33-22(30)12-20(29)25(4,5)24(32)15(2)23(14)31/h10,13-15,19-21,23,29,31H,7-9,11-12H2,1-6H3/b18-10-/t14-,15-,19+,20+,21+,23+,26+/m1/s1. The van der Waals surface area contributed by atoms with Crippen molar-refractivity contribution in [2.75, 3.05) is 0 Å². The molecule has 2 N–H and O–H groups in total. The lowest BCUT2D eigenvalue weighted by atomic mass is 9.73. The summed E-state index contributed by atoms with van der Waals surface area (Å²) in [4.78, 5) is 30.2. The first kappa shape index (κ1) is 27.9. The number of ether oxygens (including phenoxy) is 2. The number of aromatic nitrogens is 1. The Labute approximate surface area is 210 Å². The number of rotatable bonds is 2. The molecule has 3 rings (SSSR count). The van der Waals surface area contributed by atoms with Gasteiger partial charge in [-0.05, 0) is 38.7 Å². The molecule has 1 aromatic heterocycles. The second-order valence-electron chi connectivity index (χ2n) is 10.9. The molecule has 0 unspecified atom stereocenters. The summed E-state index contributed by atoms with van der Waals surface area (Å²) in [5.74, 6) is -2.62. The van der Waals surface area contributed by atoms with Gasteiger partial charge in [-0.15, -0.1) is 11.3 Å². The van der Waals surface area contributed by atoms with E-state index in [9.17, 15) is 19.8 Å². The molecule has 7 nitrogen and oxygen atoms in total. The molecule has 0 amide bonds. The number of Topliss-reactive ketones (excluding diaryl/α,β-unsaturated/α-hetero) is 1. The largest absolute Gasteiger partial charge is 0.455 e. The zero-order valence-electron chi connectivity index (χ0n) is 21.4. The van der Waals surface area contributed by atoms with Gasteiger partial charge in [0.05, 0.1) is 46.5 Å². The first-order valence-corrected chi connectivity index (χ1v) is 13.2. The van der Waals surface area contributed by atoms with Gasteiger partial charge in [0.1, 0.15) is 11.6 Å². The van der Waals surface area contributed by atoms with Crippen LogP contribution in [0.5, 0.6) is 0 Å². The van der Waals surface area contributed by atoms with Crippen LogP contribution >= 0.6 is 11.3 Å². The maximum Gasteiger partial charge on any atom is 0.309 e. The van der Waals surface area contributed by atoms with Crippen molar-refractivity contribution < 1.29 is 33.7 Å². The average molecular weight is 512 g/mol. The van der Waals surface area contributed by atoms with E-state index in [0.29, 0.717) is 18.5 Å². The number of hydrogen-bond donors (Lipinski definition) is 2. The second kappa shape index (κ2) is 10.7. The predicted molar refractivity (Wildman–Crippen MR) is 131 cm³/mol. The van der Waals surface area contributed by atoms with Gasteiger partial charge in [0.25, 0.3) is 0 Å². The highest BCUT2D eigenvalue weighted by Gasteiger charge is 2.53. The molecular weight excluding hydrogens is 473 g/mol. The number of esters is 1. The Kier molecular flexibility index (Phi) is 8.57. The number of epoxide rings is 1. The predicted octanol–water partition coefficient (Wildman–Crippen LogP) is 4.38. The quantitative estimate of drug-likeness (QED) is 0.448. The smallest absolute Gasteiger partial charge is 0.309 e. The summed E-state index contributed by atoms with van der Waals surface area (Å²) in [6.07, 6.45) is -0.593. The van der Waals surface area contributed by atoms with Crippen molar-refractivity contribution in [3.05, 3.63) is 21.9 Å². The van der Waals surface area contributed by atoms with Crippen LogP contribution in [0.25, 0.3) is 6.08 Å². The molecule has 3 heterocycles. The Balaban J connectivity index is 1.85. The van der Waals surface area contributed by atoms with E-state index in [1.54, 1.807) is 26.2 Å². The molecule has 0 bridgehead atoms. The summed E-state index contributed by atoms with van der Waals surface area (Å²) in [6.45, 7) is 10.4. The molecule has 0 aromatic carbocycles. The maximum absolute atomic E-state index is 15.3. The van der Waals surface area contributed by atoms with Crippen LogP contribution in [-0.4, -0.2) is 57.0 Å². The molecule has 0 spiro atoms. The fourth-order valence-electron chi connectivity index (χ4n) is 4.86. The van der Waals surface area contributed by atoms with Gasteiger partial charge in [0, 0.05) is 17.7 Å². The van der Waals surface area contributed by atoms with E-state index < -0.39 is 53.5 Å². The normalized spacial score (nSPS) is 37.5. The Hall–Kier alpha value is -1.68. The van der Waals surface area contributed by atoms with Crippen LogP contribution in [0.4, 0.5) is 4.39 Å². The van der Waals surface area contributed by atoms with Crippen LogP contribution in [0, 0.1) is 24.2 Å². The fourth-order valence-corrected chi connectivity index (χ4v) is 5.44. The minimum atomic E-state index is -1.35. The molecule has 2 aliphatic rings. The number of thiazole rings is 1. The van der Waals surface area contributed by atoms with Crippen LogP contribution in [0.15, 0.2) is 11.2 Å². The van der Waals surface area contributed by atoms with Gasteiger partial charge >= 0.3 is 5.97 Å². The summed E-state index contributed by atoms with van der Waals surface area (Å²) in [7, 11) is 0. The minimum Gasteiger partial charge on any atom is -0.455 e.